The zero-order chi connectivity index (χ0) is 9.31. The first-order valence-corrected chi connectivity index (χ1v) is 5.24. The van der Waals surface area contributed by atoms with Gasteiger partial charge in [-0.1, -0.05) is 0 Å². The topological polar surface area (TPSA) is 30.5 Å². The third-order valence-electron chi connectivity index (χ3n) is 2.96. The zero-order valence-corrected chi connectivity index (χ0v) is 9.73. The first-order chi connectivity index (χ1) is 6.21. The molecule has 0 amide bonds. The van der Waals surface area contributed by atoms with Crippen molar-refractivity contribution in [2.24, 2.45) is 0 Å². The molecule has 0 aromatic carbocycles. The van der Waals surface area contributed by atoms with Crippen molar-refractivity contribution < 1.29 is 9.47 Å². The van der Waals surface area contributed by atoms with Crippen molar-refractivity contribution in [1.82, 2.24) is 5.32 Å². The van der Waals surface area contributed by atoms with Crippen LogP contribution in [-0.4, -0.2) is 31.1 Å². The van der Waals surface area contributed by atoms with E-state index in [0.717, 1.165) is 19.6 Å². The van der Waals surface area contributed by atoms with Crippen LogP contribution >= 0.6 is 12.4 Å². The Morgan fingerprint density at radius 2 is 2.14 bits per heavy atom. The summed E-state index contributed by atoms with van der Waals surface area (Å²) in [6, 6.07) is 0.454. The van der Waals surface area contributed by atoms with Gasteiger partial charge in [0.05, 0.1) is 12.7 Å². The highest BCUT2D eigenvalue weighted by molar-refractivity contribution is 5.85. The van der Waals surface area contributed by atoms with Crippen LogP contribution in [0.1, 0.15) is 33.1 Å². The van der Waals surface area contributed by atoms with Gasteiger partial charge >= 0.3 is 0 Å². The second-order valence-corrected chi connectivity index (χ2v) is 4.32. The lowest BCUT2D eigenvalue weighted by Gasteiger charge is -2.36. The lowest BCUT2D eigenvalue weighted by molar-refractivity contribution is -0.135. The molecule has 0 aromatic heterocycles. The van der Waals surface area contributed by atoms with Gasteiger partial charge in [0, 0.05) is 12.6 Å². The number of hydrogen-bond donors (Lipinski definition) is 1. The summed E-state index contributed by atoms with van der Waals surface area (Å²) >= 11 is 0. The van der Waals surface area contributed by atoms with Gasteiger partial charge < -0.3 is 9.47 Å². The molecule has 3 unspecified atom stereocenters. The summed E-state index contributed by atoms with van der Waals surface area (Å²) < 4.78 is 11.5. The van der Waals surface area contributed by atoms with Gasteiger partial charge in [-0.15, -0.1) is 12.4 Å². The van der Waals surface area contributed by atoms with Crippen LogP contribution < -0.4 is 5.32 Å². The molecular formula is C10H20ClNO2. The van der Waals surface area contributed by atoms with Crippen molar-refractivity contribution in [2.75, 3.05) is 13.2 Å². The van der Waals surface area contributed by atoms with Crippen LogP contribution in [0.2, 0.25) is 0 Å². The number of ether oxygens (including phenoxy) is 2. The Kier molecular flexibility index (Phi) is 4.19. The molecule has 2 saturated heterocycles. The van der Waals surface area contributed by atoms with E-state index in [0.29, 0.717) is 6.04 Å². The Labute approximate surface area is 91.9 Å². The third-order valence-corrected chi connectivity index (χ3v) is 2.96. The van der Waals surface area contributed by atoms with Crippen molar-refractivity contribution in [3.05, 3.63) is 0 Å². The number of hydrogen-bond acceptors (Lipinski definition) is 3. The van der Waals surface area contributed by atoms with E-state index < -0.39 is 0 Å². The molecule has 14 heavy (non-hydrogen) atoms. The molecule has 2 rings (SSSR count). The van der Waals surface area contributed by atoms with E-state index in [1.165, 1.54) is 12.8 Å². The average Bonchev–Trinajstić information content (AvgIpc) is 2.49. The molecule has 0 aliphatic carbocycles. The number of rotatable bonds is 1. The predicted molar refractivity (Wildman–Crippen MR) is 57.8 cm³/mol. The van der Waals surface area contributed by atoms with Crippen LogP contribution in [0.3, 0.4) is 0 Å². The predicted octanol–water partition coefficient (Wildman–Crippen LogP) is 1.70. The van der Waals surface area contributed by atoms with Gasteiger partial charge in [0.15, 0.2) is 0 Å². The van der Waals surface area contributed by atoms with Crippen LogP contribution in [0.5, 0.6) is 0 Å². The third kappa shape index (κ3) is 2.40. The van der Waals surface area contributed by atoms with E-state index in [2.05, 4.69) is 19.2 Å². The SMILES string of the molecule is CC1COC(C)(C2CCCCO2)N1.Cl. The number of nitrogens with one attached hydrogen (secondary N) is 1. The molecule has 0 radical (unpaired) electrons. The van der Waals surface area contributed by atoms with Crippen molar-refractivity contribution in [3.8, 4) is 0 Å². The highest BCUT2D eigenvalue weighted by atomic mass is 35.5. The van der Waals surface area contributed by atoms with Crippen molar-refractivity contribution >= 4 is 12.4 Å². The van der Waals surface area contributed by atoms with Crippen LogP contribution in [0.4, 0.5) is 0 Å². The maximum Gasteiger partial charge on any atom is 0.143 e. The smallest absolute Gasteiger partial charge is 0.143 e. The first-order valence-electron chi connectivity index (χ1n) is 5.24. The van der Waals surface area contributed by atoms with Crippen LogP contribution in [0.25, 0.3) is 0 Å². The van der Waals surface area contributed by atoms with E-state index in [4.69, 9.17) is 9.47 Å². The first kappa shape index (κ1) is 12.2. The minimum absolute atomic E-state index is 0. The molecule has 2 aliphatic rings. The Morgan fingerprint density at radius 1 is 1.36 bits per heavy atom. The van der Waals surface area contributed by atoms with Gasteiger partial charge in [0.25, 0.3) is 0 Å². The lowest BCUT2D eigenvalue weighted by Crippen LogP contribution is -2.52. The van der Waals surface area contributed by atoms with Gasteiger partial charge in [0.1, 0.15) is 5.72 Å². The van der Waals surface area contributed by atoms with Crippen molar-refractivity contribution in [2.45, 2.75) is 51.0 Å². The van der Waals surface area contributed by atoms with E-state index in [9.17, 15) is 0 Å². The van der Waals surface area contributed by atoms with Crippen LogP contribution in [0, 0.1) is 0 Å². The van der Waals surface area contributed by atoms with E-state index in [1.54, 1.807) is 0 Å². The molecule has 0 saturated carbocycles. The number of halogens is 1. The van der Waals surface area contributed by atoms with Crippen LogP contribution in [-0.2, 0) is 9.47 Å². The molecule has 2 heterocycles. The molecular weight excluding hydrogens is 202 g/mol. The second kappa shape index (κ2) is 4.79. The standard InChI is InChI=1S/C10H19NO2.ClH/c1-8-7-13-10(2,11-8)9-5-3-4-6-12-9;/h8-9,11H,3-7H2,1-2H3;1H. The molecule has 0 spiro atoms. The molecule has 3 atom stereocenters. The Hall–Kier alpha value is 0.170. The summed E-state index contributed by atoms with van der Waals surface area (Å²) in [5.74, 6) is 0. The summed E-state index contributed by atoms with van der Waals surface area (Å²) in [5.41, 5.74) is -0.236. The summed E-state index contributed by atoms with van der Waals surface area (Å²) in [6.07, 6.45) is 3.82. The molecule has 3 nitrogen and oxygen atoms in total. The monoisotopic (exact) mass is 221 g/mol. The van der Waals surface area contributed by atoms with E-state index >= 15 is 0 Å². The molecule has 2 aliphatic heterocycles. The fourth-order valence-electron chi connectivity index (χ4n) is 2.23. The molecule has 84 valence electrons. The van der Waals surface area contributed by atoms with E-state index in [1.807, 2.05) is 0 Å². The van der Waals surface area contributed by atoms with Gasteiger partial charge in [-0.2, -0.15) is 0 Å². The summed E-state index contributed by atoms with van der Waals surface area (Å²) in [6.45, 7) is 5.94. The van der Waals surface area contributed by atoms with Gasteiger partial charge in [0.2, 0.25) is 0 Å². The van der Waals surface area contributed by atoms with Crippen molar-refractivity contribution in [1.29, 1.82) is 0 Å². The molecule has 0 aromatic rings. The zero-order valence-electron chi connectivity index (χ0n) is 8.91. The Morgan fingerprint density at radius 3 is 2.64 bits per heavy atom. The quantitative estimate of drug-likeness (QED) is 0.731. The van der Waals surface area contributed by atoms with E-state index in [-0.39, 0.29) is 24.2 Å². The highest BCUT2D eigenvalue weighted by Gasteiger charge is 2.42. The fourth-order valence-corrected chi connectivity index (χ4v) is 2.23. The van der Waals surface area contributed by atoms with Gasteiger partial charge in [-0.05, 0) is 33.1 Å². The minimum atomic E-state index is -0.236. The maximum atomic E-state index is 5.76. The van der Waals surface area contributed by atoms with Crippen LogP contribution in [0.15, 0.2) is 0 Å². The molecule has 1 N–H and O–H groups in total. The minimum Gasteiger partial charge on any atom is -0.374 e. The Bertz CT molecular complexity index is 185. The molecule has 0 bridgehead atoms. The normalized spacial score (nSPS) is 43.3. The lowest BCUT2D eigenvalue weighted by atomic mass is 10.0. The molecule has 2 fully saturated rings. The average molecular weight is 222 g/mol. The highest BCUT2D eigenvalue weighted by Crippen LogP contribution is 2.28. The van der Waals surface area contributed by atoms with Crippen molar-refractivity contribution in [3.63, 3.8) is 0 Å². The Balaban J connectivity index is 0.000000980. The summed E-state index contributed by atoms with van der Waals surface area (Å²) in [5, 5.41) is 3.45. The molecule has 4 heteroatoms. The fraction of sp³-hybridized carbons (Fsp3) is 1.00. The van der Waals surface area contributed by atoms with Gasteiger partial charge in [-0.25, -0.2) is 0 Å². The summed E-state index contributed by atoms with van der Waals surface area (Å²) in [4.78, 5) is 0. The second-order valence-electron chi connectivity index (χ2n) is 4.32. The van der Waals surface area contributed by atoms with Gasteiger partial charge in [-0.3, -0.25) is 5.32 Å². The summed E-state index contributed by atoms with van der Waals surface area (Å²) in [7, 11) is 0. The largest absolute Gasteiger partial charge is 0.374 e. The maximum absolute atomic E-state index is 5.76.